The Morgan fingerprint density at radius 3 is 2.61 bits per heavy atom. The van der Waals surface area contributed by atoms with E-state index >= 15 is 0 Å². The number of benzene rings is 1. The number of pyridine rings is 1. The average Bonchev–Trinajstić information content (AvgIpc) is 2.49. The van der Waals surface area contributed by atoms with E-state index < -0.39 is 5.66 Å². The first-order valence-corrected chi connectivity index (χ1v) is 8.25. The third-order valence-electron chi connectivity index (χ3n) is 4.68. The first kappa shape index (κ1) is 15.7. The summed E-state index contributed by atoms with van der Waals surface area (Å²) in [6.45, 7) is 8.79. The summed E-state index contributed by atoms with van der Waals surface area (Å²) < 4.78 is 0. The predicted octanol–water partition coefficient (Wildman–Crippen LogP) is 2.76. The standard InChI is InChI=1S/C20H25N3/c1-14(2)10-16-11-21-12-19-17(16)13-23(5)20(4,22-19)18-9-7-6-8-15(18)3/h6-9,11-14H,10H2,1-5H3. The van der Waals surface area contributed by atoms with E-state index in [4.69, 9.17) is 4.99 Å². The lowest BCUT2D eigenvalue weighted by Gasteiger charge is -2.38. The van der Waals surface area contributed by atoms with Crippen molar-refractivity contribution in [3.63, 3.8) is 0 Å². The van der Waals surface area contributed by atoms with Crippen LogP contribution < -0.4 is 10.6 Å². The highest BCUT2D eigenvalue weighted by atomic mass is 15.3. The van der Waals surface area contributed by atoms with Gasteiger partial charge in [0, 0.05) is 30.2 Å². The molecule has 0 N–H and O–H groups in total. The van der Waals surface area contributed by atoms with Crippen molar-refractivity contribution in [2.45, 2.75) is 39.8 Å². The summed E-state index contributed by atoms with van der Waals surface area (Å²) in [4.78, 5) is 11.7. The highest BCUT2D eigenvalue weighted by Gasteiger charge is 2.32. The summed E-state index contributed by atoms with van der Waals surface area (Å²) in [7, 11) is 2.11. The second kappa shape index (κ2) is 5.80. The van der Waals surface area contributed by atoms with E-state index in [1.807, 2.05) is 12.4 Å². The van der Waals surface area contributed by atoms with Crippen LogP contribution in [0.3, 0.4) is 0 Å². The van der Waals surface area contributed by atoms with Crippen molar-refractivity contribution in [2.75, 3.05) is 7.05 Å². The lowest BCUT2D eigenvalue weighted by atomic mass is 9.94. The Balaban J connectivity index is 2.20. The van der Waals surface area contributed by atoms with Crippen LogP contribution >= 0.6 is 0 Å². The largest absolute Gasteiger partial charge is 0.352 e. The van der Waals surface area contributed by atoms with Gasteiger partial charge in [0.2, 0.25) is 0 Å². The Labute approximate surface area is 138 Å². The highest BCUT2D eigenvalue weighted by molar-refractivity contribution is 5.38. The van der Waals surface area contributed by atoms with Crippen LogP contribution in [-0.4, -0.2) is 16.9 Å². The Hall–Kier alpha value is -2.16. The van der Waals surface area contributed by atoms with Crippen LogP contribution in [0.1, 0.15) is 37.5 Å². The lowest BCUT2D eigenvalue weighted by molar-refractivity contribution is 0.224. The van der Waals surface area contributed by atoms with Crippen molar-refractivity contribution in [1.29, 1.82) is 0 Å². The van der Waals surface area contributed by atoms with Gasteiger partial charge in [-0.25, -0.2) is 0 Å². The molecular weight excluding hydrogens is 282 g/mol. The normalized spacial score (nSPS) is 20.0. The smallest absolute Gasteiger partial charge is 0.155 e. The van der Waals surface area contributed by atoms with Gasteiger partial charge in [0.1, 0.15) is 0 Å². The van der Waals surface area contributed by atoms with Gasteiger partial charge < -0.3 is 4.90 Å². The second-order valence-corrected chi connectivity index (χ2v) is 7.02. The van der Waals surface area contributed by atoms with Crippen LogP contribution in [-0.2, 0) is 12.1 Å². The molecule has 3 rings (SSSR count). The van der Waals surface area contributed by atoms with Gasteiger partial charge >= 0.3 is 0 Å². The van der Waals surface area contributed by atoms with E-state index in [-0.39, 0.29) is 0 Å². The van der Waals surface area contributed by atoms with E-state index in [2.05, 4.69) is 75.1 Å². The van der Waals surface area contributed by atoms with Gasteiger partial charge in [-0.15, -0.1) is 0 Å². The maximum Gasteiger partial charge on any atom is 0.155 e. The van der Waals surface area contributed by atoms with Gasteiger partial charge in [-0.05, 0) is 37.3 Å². The van der Waals surface area contributed by atoms with Gasteiger partial charge in [0.25, 0.3) is 0 Å². The summed E-state index contributed by atoms with van der Waals surface area (Å²) in [5.74, 6) is 0.603. The molecule has 0 bridgehead atoms. The molecule has 0 radical (unpaired) electrons. The van der Waals surface area contributed by atoms with Crippen molar-refractivity contribution in [1.82, 2.24) is 9.88 Å². The molecule has 3 heteroatoms. The number of hydrogen-bond donors (Lipinski definition) is 0. The minimum atomic E-state index is -0.392. The monoisotopic (exact) mass is 307 g/mol. The molecule has 2 heterocycles. The molecule has 0 fully saturated rings. The SMILES string of the molecule is Cc1ccccc1C1(C)N=c2cncc(CC(C)C)c2=CN1C. The molecule has 0 amide bonds. The molecule has 0 aliphatic carbocycles. The van der Waals surface area contributed by atoms with Crippen molar-refractivity contribution < 1.29 is 0 Å². The summed E-state index contributed by atoms with van der Waals surface area (Å²) in [5.41, 5.74) is 3.38. The zero-order valence-electron chi connectivity index (χ0n) is 14.7. The van der Waals surface area contributed by atoms with Crippen LogP contribution in [0.5, 0.6) is 0 Å². The fourth-order valence-electron chi connectivity index (χ4n) is 3.33. The molecule has 1 aromatic carbocycles. The molecule has 1 unspecified atom stereocenters. The lowest BCUT2D eigenvalue weighted by Crippen LogP contribution is -2.47. The van der Waals surface area contributed by atoms with Crippen LogP contribution in [0.25, 0.3) is 6.20 Å². The Bertz CT molecular complexity index is 838. The van der Waals surface area contributed by atoms with Crippen LogP contribution in [0, 0.1) is 12.8 Å². The fourth-order valence-corrected chi connectivity index (χ4v) is 3.33. The molecule has 0 saturated carbocycles. The first-order valence-electron chi connectivity index (χ1n) is 8.25. The minimum absolute atomic E-state index is 0.392. The second-order valence-electron chi connectivity index (χ2n) is 7.02. The quantitative estimate of drug-likeness (QED) is 0.872. The van der Waals surface area contributed by atoms with Crippen LogP contribution in [0.15, 0.2) is 41.7 Å². The highest BCUT2D eigenvalue weighted by Crippen LogP contribution is 2.31. The third kappa shape index (κ3) is 2.76. The molecule has 1 aliphatic rings. The fraction of sp³-hybridized carbons (Fsp3) is 0.400. The van der Waals surface area contributed by atoms with E-state index in [1.54, 1.807) is 0 Å². The molecule has 3 nitrogen and oxygen atoms in total. The van der Waals surface area contributed by atoms with E-state index in [0.717, 1.165) is 11.8 Å². The summed E-state index contributed by atoms with van der Waals surface area (Å²) >= 11 is 0. The Morgan fingerprint density at radius 1 is 1.17 bits per heavy atom. The Morgan fingerprint density at radius 2 is 1.91 bits per heavy atom. The van der Waals surface area contributed by atoms with Crippen LogP contribution in [0.2, 0.25) is 0 Å². The molecule has 1 atom stereocenters. The van der Waals surface area contributed by atoms with Gasteiger partial charge in [-0.1, -0.05) is 38.1 Å². The van der Waals surface area contributed by atoms with E-state index in [9.17, 15) is 0 Å². The van der Waals surface area contributed by atoms with Gasteiger partial charge in [-0.3, -0.25) is 9.98 Å². The number of nitrogens with zero attached hydrogens (tertiary/aromatic N) is 3. The average molecular weight is 307 g/mol. The molecular formula is C20H25N3. The molecule has 120 valence electrons. The molecule has 1 aliphatic heterocycles. The summed E-state index contributed by atoms with van der Waals surface area (Å²) in [6, 6.07) is 8.47. The molecule has 2 aromatic rings. The summed E-state index contributed by atoms with van der Waals surface area (Å²) in [6.07, 6.45) is 7.12. The topological polar surface area (TPSA) is 28.5 Å². The maximum absolute atomic E-state index is 5.09. The van der Waals surface area contributed by atoms with E-state index in [1.165, 1.54) is 21.9 Å². The zero-order chi connectivity index (χ0) is 16.6. The maximum atomic E-state index is 5.09. The van der Waals surface area contributed by atoms with Gasteiger partial charge in [-0.2, -0.15) is 0 Å². The first-order chi connectivity index (χ1) is 10.9. The third-order valence-corrected chi connectivity index (χ3v) is 4.68. The molecule has 0 spiro atoms. The van der Waals surface area contributed by atoms with E-state index in [0.29, 0.717) is 5.92 Å². The minimum Gasteiger partial charge on any atom is -0.352 e. The number of aryl methyl sites for hydroxylation is 1. The Kier molecular flexibility index (Phi) is 3.97. The molecule has 1 aromatic heterocycles. The van der Waals surface area contributed by atoms with Gasteiger partial charge in [0.15, 0.2) is 5.66 Å². The van der Waals surface area contributed by atoms with Gasteiger partial charge in [0.05, 0.1) is 11.6 Å². The molecule has 23 heavy (non-hydrogen) atoms. The number of hydrogen-bond acceptors (Lipinski definition) is 3. The van der Waals surface area contributed by atoms with Crippen LogP contribution in [0.4, 0.5) is 0 Å². The van der Waals surface area contributed by atoms with Crippen molar-refractivity contribution in [3.8, 4) is 0 Å². The zero-order valence-corrected chi connectivity index (χ0v) is 14.7. The molecule has 0 saturated heterocycles. The number of aromatic nitrogens is 1. The number of rotatable bonds is 3. The van der Waals surface area contributed by atoms with Crippen molar-refractivity contribution in [3.05, 3.63) is 63.9 Å². The summed E-state index contributed by atoms with van der Waals surface area (Å²) in [5, 5.41) is 2.20. The predicted molar refractivity (Wildman–Crippen MR) is 94.3 cm³/mol. The number of fused-ring (bicyclic) bond motifs is 1. The van der Waals surface area contributed by atoms with Crippen molar-refractivity contribution >= 4 is 6.20 Å². The van der Waals surface area contributed by atoms with Crippen molar-refractivity contribution in [2.24, 2.45) is 10.9 Å².